The van der Waals surface area contributed by atoms with Crippen LogP contribution in [0.5, 0.6) is 0 Å². The summed E-state index contributed by atoms with van der Waals surface area (Å²) in [5.74, 6) is 1.07. The van der Waals surface area contributed by atoms with Gasteiger partial charge in [-0.25, -0.2) is 0 Å². The fourth-order valence-electron chi connectivity index (χ4n) is 2.67. The summed E-state index contributed by atoms with van der Waals surface area (Å²) in [7, 11) is 0. The number of rotatable bonds is 2. The molecule has 0 unspecified atom stereocenters. The SMILES string of the molecule is CC[C@@H]1CNCc2cc(-c3ccc(N)nn3)ccc21. The molecule has 1 aliphatic heterocycles. The maximum absolute atomic E-state index is 5.57. The number of hydrogen-bond donors (Lipinski definition) is 2. The maximum Gasteiger partial charge on any atom is 0.146 e. The van der Waals surface area contributed by atoms with Gasteiger partial charge in [0, 0.05) is 18.7 Å². The number of aromatic nitrogens is 2. The molecular weight excluding hydrogens is 236 g/mol. The van der Waals surface area contributed by atoms with Crippen LogP contribution in [0.4, 0.5) is 5.82 Å². The molecule has 0 saturated heterocycles. The van der Waals surface area contributed by atoms with Crippen molar-refractivity contribution in [1.29, 1.82) is 0 Å². The van der Waals surface area contributed by atoms with E-state index in [1.165, 1.54) is 17.5 Å². The highest BCUT2D eigenvalue weighted by Gasteiger charge is 2.18. The zero-order valence-corrected chi connectivity index (χ0v) is 11.1. The Morgan fingerprint density at radius 3 is 2.89 bits per heavy atom. The van der Waals surface area contributed by atoms with E-state index >= 15 is 0 Å². The normalized spacial score (nSPS) is 18.1. The van der Waals surface area contributed by atoms with Crippen molar-refractivity contribution in [3.8, 4) is 11.3 Å². The molecule has 4 heteroatoms. The average Bonchev–Trinajstić information content (AvgIpc) is 2.47. The second-order valence-electron chi connectivity index (χ2n) is 4.99. The van der Waals surface area contributed by atoms with E-state index in [0.29, 0.717) is 11.7 Å². The molecule has 3 rings (SSSR count). The second kappa shape index (κ2) is 4.97. The average molecular weight is 254 g/mol. The van der Waals surface area contributed by atoms with E-state index < -0.39 is 0 Å². The molecule has 19 heavy (non-hydrogen) atoms. The van der Waals surface area contributed by atoms with Gasteiger partial charge >= 0.3 is 0 Å². The highest BCUT2D eigenvalue weighted by molar-refractivity contribution is 5.61. The van der Waals surface area contributed by atoms with Crippen molar-refractivity contribution in [2.45, 2.75) is 25.8 Å². The number of benzene rings is 1. The van der Waals surface area contributed by atoms with Gasteiger partial charge in [0.15, 0.2) is 0 Å². The predicted octanol–water partition coefficient (Wildman–Crippen LogP) is 2.32. The number of nitrogens with zero attached hydrogens (tertiary/aromatic N) is 2. The van der Waals surface area contributed by atoms with Gasteiger partial charge in [-0.2, -0.15) is 0 Å². The van der Waals surface area contributed by atoms with Crippen molar-refractivity contribution < 1.29 is 0 Å². The Bertz CT molecular complexity index is 577. The van der Waals surface area contributed by atoms with Crippen molar-refractivity contribution in [1.82, 2.24) is 15.5 Å². The Morgan fingerprint density at radius 1 is 1.26 bits per heavy atom. The van der Waals surface area contributed by atoms with Crippen molar-refractivity contribution >= 4 is 5.82 Å². The molecule has 4 nitrogen and oxygen atoms in total. The minimum absolute atomic E-state index is 0.453. The molecule has 0 saturated carbocycles. The highest BCUT2D eigenvalue weighted by atomic mass is 15.1. The summed E-state index contributed by atoms with van der Waals surface area (Å²) in [6, 6.07) is 10.3. The summed E-state index contributed by atoms with van der Waals surface area (Å²) in [6.07, 6.45) is 1.17. The van der Waals surface area contributed by atoms with Crippen LogP contribution in [0.2, 0.25) is 0 Å². The smallest absolute Gasteiger partial charge is 0.146 e. The number of nitrogens with one attached hydrogen (secondary N) is 1. The van der Waals surface area contributed by atoms with E-state index in [0.717, 1.165) is 24.3 Å². The first kappa shape index (κ1) is 12.1. The lowest BCUT2D eigenvalue weighted by Gasteiger charge is -2.26. The molecule has 0 fully saturated rings. The number of fused-ring (bicyclic) bond motifs is 1. The van der Waals surface area contributed by atoms with Crippen LogP contribution in [-0.4, -0.2) is 16.7 Å². The quantitative estimate of drug-likeness (QED) is 0.863. The minimum atomic E-state index is 0.453. The first-order chi connectivity index (χ1) is 9.28. The molecule has 0 amide bonds. The molecule has 0 spiro atoms. The van der Waals surface area contributed by atoms with E-state index in [2.05, 4.69) is 40.6 Å². The van der Waals surface area contributed by atoms with Gasteiger partial charge in [-0.1, -0.05) is 19.1 Å². The largest absolute Gasteiger partial charge is 0.382 e. The number of nitrogen functional groups attached to an aromatic ring is 1. The molecule has 1 atom stereocenters. The van der Waals surface area contributed by atoms with E-state index in [1.54, 1.807) is 6.07 Å². The molecule has 98 valence electrons. The van der Waals surface area contributed by atoms with Gasteiger partial charge in [0.05, 0.1) is 5.69 Å². The van der Waals surface area contributed by atoms with Gasteiger partial charge in [0.1, 0.15) is 5.82 Å². The topological polar surface area (TPSA) is 63.8 Å². The van der Waals surface area contributed by atoms with Crippen LogP contribution in [-0.2, 0) is 6.54 Å². The number of hydrogen-bond acceptors (Lipinski definition) is 4. The fraction of sp³-hybridized carbons (Fsp3) is 0.333. The van der Waals surface area contributed by atoms with E-state index in [9.17, 15) is 0 Å². The van der Waals surface area contributed by atoms with Crippen molar-refractivity contribution in [3.05, 3.63) is 41.5 Å². The van der Waals surface area contributed by atoms with Gasteiger partial charge in [-0.15, -0.1) is 10.2 Å². The predicted molar refractivity (Wildman–Crippen MR) is 76.6 cm³/mol. The van der Waals surface area contributed by atoms with Crippen LogP contribution >= 0.6 is 0 Å². The Labute approximate surface area is 113 Å². The van der Waals surface area contributed by atoms with Crippen LogP contribution in [0.3, 0.4) is 0 Å². The summed E-state index contributed by atoms with van der Waals surface area (Å²) >= 11 is 0. The standard InChI is InChI=1S/C15H18N4/c1-2-10-8-17-9-12-7-11(3-4-13(10)12)14-5-6-15(16)19-18-14/h3-7,10,17H,2,8-9H2,1H3,(H2,16,19)/t10-/m1/s1. The molecule has 1 aromatic carbocycles. The third kappa shape index (κ3) is 2.31. The molecule has 0 radical (unpaired) electrons. The van der Waals surface area contributed by atoms with E-state index in [1.807, 2.05) is 6.07 Å². The Kier molecular flexibility index (Phi) is 3.17. The van der Waals surface area contributed by atoms with E-state index in [-0.39, 0.29) is 0 Å². The van der Waals surface area contributed by atoms with Gasteiger partial charge in [-0.05, 0) is 41.7 Å². The lowest BCUT2D eigenvalue weighted by Crippen LogP contribution is -2.27. The summed E-state index contributed by atoms with van der Waals surface area (Å²) in [6.45, 7) is 4.24. The molecule has 1 aromatic heterocycles. The van der Waals surface area contributed by atoms with Crippen LogP contribution < -0.4 is 11.1 Å². The Morgan fingerprint density at radius 2 is 2.16 bits per heavy atom. The maximum atomic E-state index is 5.57. The van der Waals surface area contributed by atoms with Crippen molar-refractivity contribution in [2.24, 2.45) is 0 Å². The minimum Gasteiger partial charge on any atom is -0.382 e. The van der Waals surface area contributed by atoms with Gasteiger partial charge in [0.25, 0.3) is 0 Å². The van der Waals surface area contributed by atoms with Gasteiger partial charge in [0.2, 0.25) is 0 Å². The molecule has 1 aliphatic rings. The Hall–Kier alpha value is -1.94. The summed E-state index contributed by atoms with van der Waals surface area (Å²) in [5, 5.41) is 11.5. The molecule has 0 bridgehead atoms. The van der Waals surface area contributed by atoms with E-state index in [4.69, 9.17) is 5.73 Å². The molecular formula is C15H18N4. The third-order valence-corrected chi connectivity index (χ3v) is 3.76. The first-order valence-corrected chi connectivity index (χ1v) is 6.71. The third-order valence-electron chi connectivity index (χ3n) is 3.76. The molecule has 3 N–H and O–H groups in total. The van der Waals surface area contributed by atoms with Crippen LogP contribution in [0.25, 0.3) is 11.3 Å². The fourth-order valence-corrected chi connectivity index (χ4v) is 2.67. The van der Waals surface area contributed by atoms with Gasteiger partial charge < -0.3 is 11.1 Å². The van der Waals surface area contributed by atoms with Crippen LogP contribution in [0, 0.1) is 0 Å². The monoisotopic (exact) mass is 254 g/mol. The first-order valence-electron chi connectivity index (χ1n) is 6.71. The summed E-state index contributed by atoms with van der Waals surface area (Å²) in [5.41, 5.74) is 10.4. The number of anilines is 1. The van der Waals surface area contributed by atoms with Gasteiger partial charge in [-0.3, -0.25) is 0 Å². The second-order valence-corrected chi connectivity index (χ2v) is 4.99. The zero-order valence-electron chi connectivity index (χ0n) is 11.1. The zero-order chi connectivity index (χ0) is 13.2. The van der Waals surface area contributed by atoms with Crippen LogP contribution in [0.15, 0.2) is 30.3 Å². The van der Waals surface area contributed by atoms with Crippen molar-refractivity contribution in [2.75, 3.05) is 12.3 Å². The molecule has 0 aliphatic carbocycles. The highest BCUT2D eigenvalue weighted by Crippen LogP contribution is 2.29. The van der Waals surface area contributed by atoms with Crippen LogP contribution in [0.1, 0.15) is 30.4 Å². The lowest BCUT2D eigenvalue weighted by molar-refractivity contribution is 0.530. The summed E-state index contributed by atoms with van der Waals surface area (Å²) < 4.78 is 0. The number of nitrogens with two attached hydrogens (primary N) is 1. The Balaban J connectivity index is 1.99. The van der Waals surface area contributed by atoms with Crippen molar-refractivity contribution in [3.63, 3.8) is 0 Å². The molecule has 2 heterocycles. The molecule has 2 aromatic rings. The summed E-state index contributed by atoms with van der Waals surface area (Å²) in [4.78, 5) is 0. The lowest BCUT2D eigenvalue weighted by atomic mass is 9.87.